The third-order valence-corrected chi connectivity index (χ3v) is 6.64. The van der Waals surface area contributed by atoms with Crippen molar-refractivity contribution in [1.82, 2.24) is 14.5 Å². The summed E-state index contributed by atoms with van der Waals surface area (Å²) in [6.07, 6.45) is 2.58. The summed E-state index contributed by atoms with van der Waals surface area (Å²) in [5.41, 5.74) is 4.92. The Kier molecular flexibility index (Phi) is 6.41. The molecule has 1 fully saturated rings. The van der Waals surface area contributed by atoms with Crippen molar-refractivity contribution in [2.75, 3.05) is 18.4 Å². The highest BCUT2D eigenvalue weighted by Crippen LogP contribution is 2.25. The zero-order valence-electron chi connectivity index (χ0n) is 19.4. The van der Waals surface area contributed by atoms with Crippen molar-refractivity contribution in [3.05, 3.63) is 90.0 Å². The minimum absolute atomic E-state index is 0.0115. The first-order valence-electron chi connectivity index (χ1n) is 11.9. The number of anilines is 1. The molecular formula is C28H29FN4O. The Bertz CT molecular complexity index is 1290. The molecule has 5 nitrogen and oxygen atoms in total. The number of nitrogens with zero attached hydrogens (tertiary/aromatic N) is 3. The van der Waals surface area contributed by atoms with Crippen molar-refractivity contribution in [3.63, 3.8) is 0 Å². The van der Waals surface area contributed by atoms with Gasteiger partial charge in [0.2, 0.25) is 5.91 Å². The van der Waals surface area contributed by atoms with Gasteiger partial charge in [-0.3, -0.25) is 14.3 Å². The molecule has 1 saturated heterocycles. The molecule has 34 heavy (non-hydrogen) atoms. The fourth-order valence-electron chi connectivity index (χ4n) is 4.73. The zero-order valence-corrected chi connectivity index (χ0v) is 19.4. The van der Waals surface area contributed by atoms with Crippen LogP contribution in [0, 0.1) is 11.7 Å². The lowest BCUT2D eigenvalue weighted by molar-refractivity contribution is -0.121. The van der Waals surface area contributed by atoms with Gasteiger partial charge in [-0.25, -0.2) is 9.37 Å². The van der Waals surface area contributed by atoms with Gasteiger partial charge in [0.15, 0.2) is 0 Å². The van der Waals surface area contributed by atoms with E-state index in [4.69, 9.17) is 4.98 Å². The van der Waals surface area contributed by atoms with Crippen molar-refractivity contribution < 1.29 is 9.18 Å². The van der Waals surface area contributed by atoms with E-state index in [0.717, 1.165) is 60.6 Å². The Morgan fingerprint density at radius 2 is 1.79 bits per heavy atom. The quantitative estimate of drug-likeness (QED) is 0.412. The molecule has 0 spiro atoms. The molecule has 0 saturated carbocycles. The van der Waals surface area contributed by atoms with Crippen LogP contribution in [0.5, 0.6) is 0 Å². The maximum absolute atomic E-state index is 13.5. The molecule has 1 amide bonds. The Morgan fingerprint density at radius 3 is 2.56 bits per heavy atom. The van der Waals surface area contributed by atoms with E-state index in [1.54, 1.807) is 12.1 Å². The number of nitrogens with one attached hydrogen (secondary N) is 1. The minimum atomic E-state index is -0.253. The molecule has 4 aromatic rings. The molecule has 0 radical (unpaired) electrons. The summed E-state index contributed by atoms with van der Waals surface area (Å²) in [5.74, 6) is 0.785. The predicted molar refractivity (Wildman–Crippen MR) is 133 cm³/mol. The number of carbonyl (C=O) groups is 1. The molecule has 1 aliphatic heterocycles. The second-order valence-electron chi connectivity index (χ2n) is 8.92. The Balaban J connectivity index is 1.27. The Labute approximate surface area is 199 Å². The molecule has 0 atom stereocenters. The third kappa shape index (κ3) is 4.73. The number of aryl methyl sites for hydroxylation is 1. The van der Waals surface area contributed by atoms with E-state index in [2.05, 4.69) is 27.8 Å². The molecule has 0 bridgehead atoms. The van der Waals surface area contributed by atoms with Gasteiger partial charge in [-0.05, 0) is 86.4 Å². The summed E-state index contributed by atoms with van der Waals surface area (Å²) in [4.78, 5) is 20.1. The van der Waals surface area contributed by atoms with Gasteiger partial charge >= 0.3 is 0 Å². The second-order valence-corrected chi connectivity index (χ2v) is 8.92. The molecule has 6 heteroatoms. The number of halogens is 1. The zero-order chi connectivity index (χ0) is 23.5. The number of hydrogen-bond acceptors (Lipinski definition) is 3. The Morgan fingerprint density at radius 1 is 1.03 bits per heavy atom. The molecule has 5 rings (SSSR count). The first kappa shape index (κ1) is 22.3. The first-order valence-corrected chi connectivity index (χ1v) is 11.9. The van der Waals surface area contributed by atoms with Gasteiger partial charge in [-0.15, -0.1) is 0 Å². The van der Waals surface area contributed by atoms with Gasteiger partial charge in [0, 0.05) is 17.3 Å². The number of carbonyl (C=O) groups excluding carboxylic acids is 1. The van der Waals surface area contributed by atoms with Crippen molar-refractivity contribution in [3.8, 4) is 5.69 Å². The molecule has 1 N–H and O–H groups in total. The van der Waals surface area contributed by atoms with Crippen LogP contribution in [0.2, 0.25) is 0 Å². The lowest BCUT2D eigenvalue weighted by Gasteiger charge is -2.31. The van der Waals surface area contributed by atoms with Gasteiger partial charge in [0.25, 0.3) is 0 Å². The summed E-state index contributed by atoms with van der Waals surface area (Å²) in [7, 11) is 0. The van der Waals surface area contributed by atoms with Crippen LogP contribution in [0.15, 0.2) is 72.8 Å². The molecule has 174 valence electrons. The van der Waals surface area contributed by atoms with Crippen LogP contribution in [0.25, 0.3) is 16.7 Å². The van der Waals surface area contributed by atoms with Crippen LogP contribution in [0.1, 0.15) is 31.2 Å². The van der Waals surface area contributed by atoms with Crippen LogP contribution in [-0.2, 0) is 17.8 Å². The van der Waals surface area contributed by atoms with Crippen molar-refractivity contribution >= 4 is 22.6 Å². The maximum Gasteiger partial charge on any atom is 0.227 e. The summed E-state index contributed by atoms with van der Waals surface area (Å²) >= 11 is 0. The summed E-state index contributed by atoms with van der Waals surface area (Å²) in [5, 5.41) is 3.10. The summed E-state index contributed by atoms with van der Waals surface area (Å²) in [6.45, 7) is 4.46. The van der Waals surface area contributed by atoms with Crippen molar-refractivity contribution in [2.24, 2.45) is 5.92 Å². The Hall–Kier alpha value is -3.51. The van der Waals surface area contributed by atoms with Crippen molar-refractivity contribution in [2.45, 2.75) is 32.7 Å². The lowest BCUT2D eigenvalue weighted by atomic mass is 9.95. The van der Waals surface area contributed by atoms with E-state index >= 15 is 0 Å². The fourth-order valence-corrected chi connectivity index (χ4v) is 4.73. The highest BCUT2D eigenvalue weighted by Gasteiger charge is 2.26. The van der Waals surface area contributed by atoms with Crippen LogP contribution < -0.4 is 5.32 Å². The third-order valence-electron chi connectivity index (χ3n) is 6.64. The highest BCUT2D eigenvalue weighted by atomic mass is 19.1. The monoisotopic (exact) mass is 456 g/mol. The number of rotatable bonds is 6. The molecule has 1 aliphatic rings. The lowest BCUT2D eigenvalue weighted by Crippen LogP contribution is -2.38. The number of likely N-dealkylation sites (tertiary alicyclic amines) is 1. The molecule has 0 aliphatic carbocycles. The standard InChI is InChI=1S/C28H29FN4O/c1-2-20-6-5-7-23(18-20)30-28(34)21-14-16-32(17-15-21)19-27-31-25-8-3-4-9-26(25)33(27)24-12-10-22(29)11-13-24/h3-13,18,21H,2,14-17,19H2,1H3,(H,30,34). The number of piperidine rings is 1. The smallest absolute Gasteiger partial charge is 0.227 e. The number of aromatic nitrogens is 2. The minimum Gasteiger partial charge on any atom is -0.326 e. The van der Waals surface area contributed by atoms with E-state index in [0.29, 0.717) is 6.54 Å². The summed E-state index contributed by atoms with van der Waals surface area (Å²) < 4.78 is 15.6. The topological polar surface area (TPSA) is 50.2 Å². The molecule has 2 heterocycles. The average Bonchev–Trinajstić information content (AvgIpc) is 3.23. The number of para-hydroxylation sites is 2. The van der Waals surface area contributed by atoms with E-state index in [-0.39, 0.29) is 17.6 Å². The predicted octanol–water partition coefficient (Wildman–Crippen LogP) is 5.58. The van der Waals surface area contributed by atoms with Gasteiger partial charge in [0.1, 0.15) is 11.6 Å². The number of amides is 1. The van der Waals surface area contributed by atoms with E-state index in [1.165, 1.54) is 17.7 Å². The van der Waals surface area contributed by atoms with E-state index in [9.17, 15) is 9.18 Å². The van der Waals surface area contributed by atoms with E-state index in [1.807, 2.05) is 42.5 Å². The summed E-state index contributed by atoms with van der Waals surface area (Å²) in [6, 6.07) is 22.6. The SMILES string of the molecule is CCc1cccc(NC(=O)C2CCN(Cc3nc4ccccc4n3-c3ccc(F)cc3)CC2)c1. The fraction of sp³-hybridized carbons (Fsp3) is 0.286. The largest absolute Gasteiger partial charge is 0.326 e. The van der Waals surface area contributed by atoms with Gasteiger partial charge in [0.05, 0.1) is 17.6 Å². The van der Waals surface area contributed by atoms with Crippen LogP contribution in [-0.4, -0.2) is 33.4 Å². The normalized spacial score (nSPS) is 15.0. The van der Waals surface area contributed by atoms with Gasteiger partial charge in [-0.2, -0.15) is 0 Å². The van der Waals surface area contributed by atoms with Crippen LogP contribution in [0.3, 0.4) is 0 Å². The second kappa shape index (κ2) is 9.77. The van der Waals surface area contributed by atoms with E-state index < -0.39 is 0 Å². The number of benzene rings is 3. The molecule has 1 aromatic heterocycles. The van der Waals surface area contributed by atoms with Crippen LogP contribution in [0.4, 0.5) is 10.1 Å². The molecule has 3 aromatic carbocycles. The number of fused-ring (bicyclic) bond motifs is 1. The average molecular weight is 457 g/mol. The van der Waals surface area contributed by atoms with Gasteiger partial charge in [-0.1, -0.05) is 31.2 Å². The van der Waals surface area contributed by atoms with Gasteiger partial charge < -0.3 is 5.32 Å². The molecule has 0 unspecified atom stereocenters. The maximum atomic E-state index is 13.5. The number of hydrogen-bond donors (Lipinski definition) is 1. The van der Waals surface area contributed by atoms with Crippen LogP contribution >= 0.6 is 0 Å². The number of imidazole rings is 1. The van der Waals surface area contributed by atoms with Crippen molar-refractivity contribution in [1.29, 1.82) is 0 Å². The highest BCUT2D eigenvalue weighted by molar-refractivity contribution is 5.92. The molecular weight excluding hydrogens is 427 g/mol. The first-order chi connectivity index (χ1) is 16.6.